The van der Waals surface area contributed by atoms with E-state index in [-0.39, 0.29) is 0 Å². The van der Waals surface area contributed by atoms with E-state index in [2.05, 4.69) is 17.0 Å². The van der Waals surface area contributed by atoms with Crippen LogP contribution < -0.4 is 0 Å². The van der Waals surface area contributed by atoms with Crippen LogP contribution >= 0.6 is 0 Å². The molecular formula is C17H18F3N. The lowest BCUT2D eigenvalue weighted by molar-refractivity contribution is -0.137. The fourth-order valence-corrected chi connectivity index (χ4v) is 2.18. The van der Waals surface area contributed by atoms with E-state index in [0.717, 1.165) is 30.8 Å². The van der Waals surface area contributed by atoms with Crippen LogP contribution in [0.1, 0.15) is 23.6 Å². The van der Waals surface area contributed by atoms with Gasteiger partial charge in [0, 0.05) is 13.1 Å². The van der Waals surface area contributed by atoms with Gasteiger partial charge in [-0.05, 0) is 29.8 Å². The third kappa shape index (κ3) is 4.60. The first-order valence-electron chi connectivity index (χ1n) is 6.91. The van der Waals surface area contributed by atoms with E-state index in [0.29, 0.717) is 6.54 Å². The zero-order valence-corrected chi connectivity index (χ0v) is 11.9. The van der Waals surface area contributed by atoms with Crippen molar-refractivity contribution < 1.29 is 13.2 Å². The van der Waals surface area contributed by atoms with E-state index in [1.807, 2.05) is 25.1 Å². The summed E-state index contributed by atoms with van der Waals surface area (Å²) in [6.07, 6.45) is -4.27. The van der Waals surface area contributed by atoms with Gasteiger partial charge in [-0.3, -0.25) is 4.90 Å². The van der Waals surface area contributed by atoms with Gasteiger partial charge in [0.2, 0.25) is 0 Å². The molecule has 4 heteroatoms. The predicted octanol–water partition coefficient (Wildman–Crippen LogP) is 4.73. The molecule has 21 heavy (non-hydrogen) atoms. The van der Waals surface area contributed by atoms with Crippen LogP contribution in [-0.2, 0) is 19.3 Å². The summed E-state index contributed by atoms with van der Waals surface area (Å²) in [5, 5.41) is 0. The second-order valence-electron chi connectivity index (χ2n) is 4.98. The molecular weight excluding hydrogens is 275 g/mol. The summed E-state index contributed by atoms with van der Waals surface area (Å²) in [7, 11) is 0. The Morgan fingerprint density at radius 1 is 0.810 bits per heavy atom. The van der Waals surface area contributed by atoms with Crippen molar-refractivity contribution in [1.82, 2.24) is 4.90 Å². The minimum Gasteiger partial charge on any atom is -0.295 e. The smallest absolute Gasteiger partial charge is 0.295 e. The molecule has 0 aromatic heterocycles. The monoisotopic (exact) mass is 293 g/mol. The van der Waals surface area contributed by atoms with Crippen LogP contribution in [0.3, 0.4) is 0 Å². The predicted molar refractivity (Wildman–Crippen MR) is 77.7 cm³/mol. The highest BCUT2D eigenvalue weighted by molar-refractivity contribution is 5.24. The molecule has 2 rings (SSSR count). The normalized spacial score (nSPS) is 11.9. The van der Waals surface area contributed by atoms with Gasteiger partial charge in [-0.15, -0.1) is 0 Å². The van der Waals surface area contributed by atoms with E-state index in [1.54, 1.807) is 12.1 Å². The van der Waals surface area contributed by atoms with Crippen LogP contribution in [0.25, 0.3) is 0 Å². The van der Waals surface area contributed by atoms with E-state index >= 15 is 0 Å². The standard InChI is InChI=1S/C17H18F3N/c1-2-21(12-14-6-4-3-5-7-14)13-15-8-10-16(11-9-15)17(18,19)20/h3-11H,2,12-13H2,1H3. The largest absolute Gasteiger partial charge is 0.416 e. The van der Waals surface area contributed by atoms with Crippen LogP contribution in [-0.4, -0.2) is 11.4 Å². The maximum absolute atomic E-state index is 12.5. The average Bonchev–Trinajstić information content (AvgIpc) is 2.47. The molecule has 2 aromatic rings. The van der Waals surface area contributed by atoms with Crippen LogP contribution in [0, 0.1) is 0 Å². The van der Waals surface area contributed by atoms with Crippen molar-refractivity contribution >= 4 is 0 Å². The third-order valence-electron chi connectivity index (χ3n) is 3.38. The van der Waals surface area contributed by atoms with Crippen molar-refractivity contribution in [2.24, 2.45) is 0 Å². The van der Waals surface area contributed by atoms with E-state index < -0.39 is 11.7 Å². The second-order valence-corrected chi connectivity index (χ2v) is 4.98. The van der Waals surface area contributed by atoms with Gasteiger partial charge < -0.3 is 0 Å². The Hall–Kier alpha value is -1.81. The van der Waals surface area contributed by atoms with Gasteiger partial charge in [0.25, 0.3) is 0 Å². The summed E-state index contributed by atoms with van der Waals surface area (Å²) in [5.41, 5.74) is 1.49. The molecule has 0 fully saturated rings. The first kappa shape index (κ1) is 15.6. The van der Waals surface area contributed by atoms with Gasteiger partial charge in [-0.1, -0.05) is 49.4 Å². The summed E-state index contributed by atoms with van der Waals surface area (Å²) in [6, 6.07) is 15.4. The molecule has 0 spiro atoms. The number of nitrogens with zero attached hydrogens (tertiary/aromatic N) is 1. The number of alkyl halides is 3. The van der Waals surface area contributed by atoms with Gasteiger partial charge in [0.1, 0.15) is 0 Å². The highest BCUT2D eigenvalue weighted by Crippen LogP contribution is 2.29. The maximum Gasteiger partial charge on any atom is 0.416 e. The molecule has 2 aromatic carbocycles. The van der Waals surface area contributed by atoms with Gasteiger partial charge in [0.15, 0.2) is 0 Å². The van der Waals surface area contributed by atoms with Crippen molar-refractivity contribution in [3.8, 4) is 0 Å². The summed E-state index contributed by atoms with van der Waals surface area (Å²) in [5.74, 6) is 0. The molecule has 0 atom stereocenters. The molecule has 0 unspecified atom stereocenters. The molecule has 0 saturated carbocycles. The molecule has 1 nitrogen and oxygen atoms in total. The summed E-state index contributed by atoms with van der Waals surface area (Å²) >= 11 is 0. The molecule has 0 aliphatic heterocycles. The van der Waals surface area contributed by atoms with Gasteiger partial charge in [-0.25, -0.2) is 0 Å². The fourth-order valence-electron chi connectivity index (χ4n) is 2.18. The Morgan fingerprint density at radius 3 is 1.81 bits per heavy atom. The van der Waals surface area contributed by atoms with Crippen molar-refractivity contribution in [3.05, 3.63) is 71.3 Å². The van der Waals surface area contributed by atoms with E-state index in [9.17, 15) is 13.2 Å². The third-order valence-corrected chi connectivity index (χ3v) is 3.38. The summed E-state index contributed by atoms with van der Waals surface area (Å²) in [6.45, 7) is 4.32. The van der Waals surface area contributed by atoms with Crippen LogP contribution in [0.4, 0.5) is 13.2 Å². The molecule has 0 radical (unpaired) electrons. The highest BCUT2D eigenvalue weighted by Gasteiger charge is 2.29. The molecule has 112 valence electrons. The minimum absolute atomic E-state index is 0.600. The minimum atomic E-state index is -4.27. The second kappa shape index (κ2) is 6.76. The van der Waals surface area contributed by atoms with Crippen LogP contribution in [0.15, 0.2) is 54.6 Å². The van der Waals surface area contributed by atoms with Crippen molar-refractivity contribution in [3.63, 3.8) is 0 Å². The van der Waals surface area contributed by atoms with Crippen molar-refractivity contribution in [1.29, 1.82) is 0 Å². The zero-order chi connectivity index (χ0) is 15.3. The van der Waals surface area contributed by atoms with E-state index in [1.165, 1.54) is 5.56 Å². The summed E-state index contributed by atoms with van der Waals surface area (Å²) < 4.78 is 37.6. The highest BCUT2D eigenvalue weighted by atomic mass is 19.4. The quantitative estimate of drug-likeness (QED) is 0.770. The Labute approximate surface area is 123 Å². The molecule has 0 saturated heterocycles. The lowest BCUT2D eigenvalue weighted by Crippen LogP contribution is -2.22. The van der Waals surface area contributed by atoms with Crippen LogP contribution in [0.2, 0.25) is 0 Å². The molecule has 0 N–H and O–H groups in total. The lowest BCUT2D eigenvalue weighted by Gasteiger charge is -2.21. The molecule has 0 heterocycles. The van der Waals surface area contributed by atoms with Gasteiger partial charge >= 0.3 is 6.18 Å². The Kier molecular flexibility index (Phi) is 5.02. The number of benzene rings is 2. The topological polar surface area (TPSA) is 3.24 Å². The molecule has 0 bridgehead atoms. The number of hydrogen-bond acceptors (Lipinski definition) is 1. The Bertz CT molecular complexity index is 546. The molecule has 0 aliphatic rings. The average molecular weight is 293 g/mol. The first-order valence-corrected chi connectivity index (χ1v) is 6.91. The van der Waals surface area contributed by atoms with Gasteiger partial charge in [0.05, 0.1) is 5.56 Å². The first-order chi connectivity index (χ1) is 9.99. The molecule has 0 aliphatic carbocycles. The lowest BCUT2D eigenvalue weighted by atomic mass is 10.1. The maximum atomic E-state index is 12.5. The fraction of sp³-hybridized carbons (Fsp3) is 0.294. The van der Waals surface area contributed by atoms with E-state index in [4.69, 9.17) is 0 Å². The van der Waals surface area contributed by atoms with Crippen LogP contribution in [0.5, 0.6) is 0 Å². The number of rotatable bonds is 5. The van der Waals surface area contributed by atoms with Crippen molar-refractivity contribution in [2.75, 3.05) is 6.54 Å². The SMILES string of the molecule is CCN(Cc1ccccc1)Cc1ccc(C(F)(F)F)cc1. The Morgan fingerprint density at radius 2 is 1.33 bits per heavy atom. The van der Waals surface area contributed by atoms with Gasteiger partial charge in [-0.2, -0.15) is 13.2 Å². The number of halogens is 3. The zero-order valence-electron chi connectivity index (χ0n) is 11.9. The summed E-state index contributed by atoms with van der Waals surface area (Å²) in [4.78, 5) is 2.19. The Balaban J connectivity index is 2.02. The van der Waals surface area contributed by atoms with Crippen molar-refractivity contribution in [2.45, 2.75) is 26.2 Å². The number of hydrogen-bond donors (Lipinski definition) is 0. The molecule has 0 amide bonds.